The highest BCUT2D eigenvalue weighted by Crippen LogP contribution is 2.26. The van der Waals surface area contributed by atoms with Crippen LogP contribution >= 0.6 is 0 Å². The highest BCUT2D eigenvalue weighted by molar-refractivity contribution is 5.97. The van der Waals surface area contributed by atoms with Crippen LogP contribution in [-0.4, -0.2) is 11.7 Å². The number of benzene rings is 2. The maximum Gasteiger partial charge on any atom is 0.227 e. The summed E-state index contributed by atoms with van der Waals surface area (Å²) >= 11 is 0. The van der Waals surface area contributed by atoms with Crippen LogP contribution in [0.2, 0.25) is 0 Å². The fourth-order valence-corrected chi connectivity index (χ4v) is 3.17. The Morgan fingerprint density at radius 2 is 1.57 bits per heavy atom. The molecule has 2 rings (SSSR count). The van der Waals surface area contributed by atoms with Crippen LogP contribution in [0.5, 0.6) is 0 Å². The summed E-state index contributed by atoms with van der Waals surface area (Å²) in [6, 6.07) is 15.9. The number of anilines is 1. The Kier molecular flexibility index (Phi) is 7.33. The molecule has 0 saturated heterocycles. The second-order valence-electron chi connectivity index (χ2n) is 8.04. The molecule has 148 valence electrons. The van der Waals surface area contributed by atoms with Crippen molar-refractivity contribution in [2.24, 2.45) is 5.41 Å². The number of hydrogen-bond acceptors (Lipinski definition) is 2. The standard InChI is InChI=1S/C25H31NO2/c1-6-19-12-8-9-14-21(19)18-26(22-15-11-10-13-20(22)7-2)24(28)17-16-23(27)25(3,4)5/h7-15H,2,6,16-18H2,1,3-5H3. The second-order valence-corrected chi connectivity index (χ2v) is 8.04. The largest absolute Gasteiger partial charge is 0.307 e. The number of para-hydroxylation sites is 1. The molecule has 0 unspecified atom stereocenters. The van der Waals surface area contributed by atoms with Crippen LogP contribution in [0.1, 0.15) is 57.2 Å². The average molecular weight is 378 g/mol. The summed E-state index contributed by atoms with van der Waals surface area (Å²) < 4.78 is 0. The summed E-state index contributed by atoms with van der Waals surface area (Å²) in [5, 5.41) is 0. The molecule has 0 atom stereocenters. The molecule has 0 radical (unpaired) electrons. The molecular formula is C25H31NO2. The van der Waals surface area contributed by atoms with Gasteiger partial charge in [0.25, 0.3) is 0 Å². The number of hydrogen-bond donors (Lipinski definition) is 0. The molecule has 3 heteroatoms. The maximum atomic E-state index is 13.2. The molecule has 2 aromatic carbocycles. The number of carbonyl (C=O) groups is 2. The molecule has 0 bridgehead atoms. The van der Waals surface area contributed by atoms with Crippen molar-refractivity contribution in [3.8, 4) is 0 Å². The zero-order valence-corrected chi connectivity index (χ0v) is 17.5. The molecule has 28 heavy (non-hydrogen) atoms. The van der Waals surface area contributed by atoms with Gasteiger partial charge in [-0.2, -0.15) is 0 Å². The van der Waals surface area contributed by atoms with E-state index in [0.29, 0.717) is 6.54 Å². The van der Waals surface area contributed by atoms with Gasteiger partial charge in [-0.1, -0.05) is 82.8 Å². The van der Waals surface area contributed by atoms with Gasteiger partial charge in [-0.05, 0) is 29.2 Å². The van der Waals surface area contributed by atoms with Crippen molar-refractivity contribution in [2.75, 3.05) is 4.90 Å². The minimum Gasteiger partial charge on any atom is -0.307 e. The van der Waals surface area contributed by atoms with E-state index in [1.165, 1.54) is 5.56 Å². The van der Waals surface area contributed by atoms with Gasteiger partial charge >= 0.3 is 0 Å². The van der Waals surface area contributed by atoms with E-state index in [1.54, 1.807) is 11.0 Å². The lowest BCUT2D eigenvalue weighted by Crippen LogP contribution is -2.32. The topological polar surface area (TPSA) is 37.4 Å². The molecule has 0 saturated carbocycles. The van der Waals surface area contributed by atoms with Gasteiger partial charge in [-0.3, -0.25) is 9.59 Å². The molecule has 1 amide bonds. The Bertz CT molecular complexity index is 846. The van der Waals surface area contributed by atoms with Crippen LogP contribution < -0.4 is 4.90 Å². The Morgan fingerprint density at radius 3 is 2.18 bits per heavy atom. The van der Waals surface area contributed by atoms with Gasteiger partial charge in [0.15, 0.2) is 0 Å². The fraction of sp³-hybridized carbons (Fsp3) is 0.360. The lowest BCUT2D eigenvalue weighted by molar-refractivity contribution is -0.129. The Hall–Kier alpha value is -2.68. The van der Waals surface area contributed by atoms with Crippen molar-refractivity contribution >= 4 is 23.5 Å². The quantitative estimate of drug-likeness (QED) is 0.581. The molecule has 0 aliphatic rings. The van der Waals surface area contributed by atoms with E-state index in [4.69, 9.17) is 0 Å². The molecule has 0 heterocycles. The van der Waals surface area contributed by atoms with Crippen LogP contribution in [0.4, 0.5) is 5.69 Å². The molecule has 0 aromatic heterocycles. The van der Waals surface area contributed by atoms with Gasteiger partial charge in [-0.15, -0.1) is 0 Å². The molecule has 0 fully saturated rings. The van der Waals surface area contributed by atoms with E-state index in [1.807, 2.05) is 57.2 Å². The van der Waals surface area contributed by atoms with Crippen LogP contribution in [0.3, 0.4) is 0 Å². The predicted molar refractivity (Wildman–Crippen MR) is 117 cm³/mol. The number of carbonyl (C=O) groups excluding carboxylic acids is 2. The van der Waals surface area contributed by atoms with Crippen LogP contribution in [0, 0.1) is 5.41 Å². The zero-order chi connectivity index (χ0) is 20.7. The van der Waals surface area contributed by atoms with Crippen molar-refractivity contribution in [3.05, 3.63) is 71.8 Å². The second kappa shape index (κ2) is 9.50. The molecule has 2 aromatic rings. The van der Waals surface area contributed by atoms with E-state index in [2.05, 4.69) is 25.6 Å². The molecule has 0 aliphatic heterocycles. The Labute approximate surface area is 169 Å². The average Bonchev–Trinajstić information content (AvgIpc) is 2.69. The third-order valence-electron chi connectivity index (χ3n) is 4.98. The minimum absolute atomic E-state index is 0.0437. The van der Waals surface area contributed by atoms with Gasteiger partial charge in [0.1, 0.15) is 5.78 Å². The highest BCUT2D eigenvalue weighted by Gasteiger charge is 2.24. The Balaban J connectivity index is 2.34. The first-order valence-electron chi connectivity index (χ1n) is 9.89. The Morgan fingerprint density at radius 1 is 0.964 bits per heavy atom. The SMILES string of the molecule is C=Cc1ccccc1N(Cc1ccccc1CC)C(=O)CCC(=O)C(C)(C)C. The summed E-state index contributed by atoms with van der Waals surface area (Å²) in [7, 11) is 0. The number of ketones is 1. The van der Waals surface area contributed by atoms with Gasteiger partial charge < -0.3 is 4.90 Å². The maximum absolute atomic E-state index is 13.2. The first kappa shape index (κ1) is 21.6. The number of amides is 1. The molecular weight excluding hydrogens is 346 g/mol. The third-order valence-corrected chi connectivity index (χ3v) is 4.98. The summed E-state index contributed by atoms with van der Waals surface area (Å²) in [6.45, 7) is 12.2. The van der Waals surface area contributed by atoms with E-state index < -0.39 is 5.41 Å². The lowest BCUT2D eigenvalue weighted by Gasteiger charge is -2.26. The number of aryl methyl sites for hydroxylation is 1. The summed E-state index contributed by atoms with van der Waals surface area (Å²) in [5.41, 5.74) is 3.66. The molecule has 3 nitrogen and oxygen atoms in total. The summed E-state index contributed by atoms with van der Waals surface area (Å²) in [4.78, 5) is 27.3. The van der Waals surface area contributed by atoms with E-state index >= 15 is 0 Å². The predicted octanol–water partition coefficient (Wildman–Crippen LogP) is 5.82. The zero-order valence-electron chi connectivity index (χ0n) is 17.5. The molecule has 0 spiro atoms. The fourth-order valence-electron chi connectivity index (χ4n) is 3.17. The monoisotopic (exact) mass is 377 g/mol. The van der Waals surface area contributed by atoms with E-state index in [9.17, 15) is 9.59 Å². The summed E-state index contributed by atoms with van der Waals surface area (Å²) in [5.74, 6) is 0.0598. The van der Waals surface area contributed by atoms with Gasteiger partial charge in [-0.25, -0.2) is 0 Å². The number of Topliss-reactive ketones (excluding diaryl/α,β-unsaturated/α-hetero) is 1. The van der Waals surface area contributed by atoms with Crippen molar-refractivity contribution in [2.45, 2.75) is 53.5 Å². The smallest absolute Gasteiger partial charge is 0.227 e. The van der Waals surface area contributed by atoms with Crippen molar-refractivity contribution in [1.82, 2.24) is 0 Å². The van der Waals surface area contributed by atoms with Crippen LogP contribution in [0.25, 0.3) is 6.08 Å². The molecule has 0 aliphatic carbocycles. The van der Waals surface area contributed by atoms with Gasteiger partial charge in [0.2, 0.25) is 5.91 Å². The van der Waals surface area contributed by atoms with Crippen LogP contribution in [-0.2, 0) is 22.6 Å². The number of rotatable bonds is 8. The number of nitrogens with zero attached hydrogens (tertiary/aromatic N) is 1. The third kappa shape index (κ3) is 5.41. The van der Waals surface area contributed by atoms with Gasteiger partial charge in [0, 0.05) is 18.3 Å². The van der Waals surface area contributed by atoms with E-state index in [-0.39, 0.29) is 24.5 Å². The van der Waals surface area contributed by atoms with E-state index in [0.717, 1.165) is 23.2 Å². The van der Waals surface area contributed by atoms with Crippen molar-refractivity contribution < 1.29 is 9.59 Å². The first-order chi connectivity index (χ1) is 13.3. The summed E-state index contributed by atoms with van der Waals surface area (Å²) in [6.07, 6.45) is 3.13. The minimum atomic E-state index is -0.432. The normalized spacial score (nSPS) is 11.1. The first-order valence-corrected chi connectivity index (χ1v) is 9.89. The highest BCUT2D eigenvalue weighted by atomic mass is 16.2. The van der Waals surface area contributed by atoms with Crippen LogP contribution in [0.15, 0.2) is 55.1 Å². The van der Waals surface area contributed by atoms with Crippen molar-refractivity contribution in [3.63, 3.8) is 0 Å². The van der Waals surface area contributed by atoms with Crippen molar-refractivity contribution in [1.29, 1.82) is 0 Å². The molecule has 0 N–H and O–H groups in total. The van der Waals surface area contributed by atoms with Gasteiger partial charge in [0.05, 0.1) is 12.2 Å². The lowest BCUT2D eigenvalue weighted by atomic mass is 9.88.